The summed E-state index contributed by atoms with van der Waals surface area (Å²) in [7, 11) is 0. The molecule has 1 aromatic rings. The van der Waals surface area contributed by atoms with E-state index in [0.29, 0.717) is 25.9 Å². The quantitative estimate of drug-likeness (QED) is 0.686. The van der Waals surface area contributed by atoms with Crippen molar-refractivity contribution < 1.29 is 19.4 Å². The molecule has 0 saturated carbocycles. The molecule has 0 spiro atoms. The Morgan fingerprint density at radius 1 is 1.19 bits per heavy atom. The minimum Gasteiger partial charge on any atom is -0.494 e. The summed E-state index contributed by atoms with van der Waals surface area (Å²) in [6, 6.07) is 7.55. The summed E-state index contributed by atoms with van der Waals surface area (Å²) in [4.78, 5) is 22.1. The standard InChI is InChI=1S/C16H23NO4/c1-3-21-14-10-8-13(9-11-14)12(2)17-15(18)6-4-5-7-16(19)20/h8-12H,3-7H2,1-2H3,(H,17,18)(H,19,20). The first-order valence-electron chi connectivity index (χ1n) is 7.26. The van der Waals surface area contributed by atoms with Crippen LogP contribution in [-0.4, -0.2) is 23.6 Å². The van der Waals surface area contributed by atoms with Crippen LogP contribution in [0.2, 0.25) is 0 Å². The van der Waals surface area contributed by atoms with E-state index in [2.05, 4.69) is 5.32 Å². The summed E-state index contributed by atoms with van der Waals surface area (Å²) in [5.74, 6) is -0.0617. The van der Waals surface area contributed by atoms with Crippen molar-refractivity contribution in [1.82, 2.24) is 5.32 Å². The van der Waals surface area contributed by atoms with Crippen LogP contribution in [0.5, 0.6) is 5.75 Å². The molecule has 0 radical (unpaired) electrons. The van der Waals surface area contributed by atoms with Crippen molar-refractivity contribution in [3.8, 4) is 5.75 Å². The van der Waals surface area contributed by atoms with Gasteiger partial charge in [-0.1, -0.05) is 12.1 Å². The Hall–Kier alpha value is -2.04. The van der Waals surface area contributed by atoms with E-state index >= 15 is 0 Å². The zero-order valence-electron chi connectivity index (χ0n) is 12.6. The second kappa shape index (κ2) is 9.00. The number of carbonyl (C=O) groups excluding carboxylic acids is 1. The highest BCUT2D eigenvalue weighted by Gasteiger charge is 2.09. The number of ether oxygens (including phenoxy) is 1. The third kappa shape index (κ3) is 6.79. The van der Waals surface area contributed by atoms with E-state index in [9.17, 15) is 9.59 Å². The number of carbonyl (C=O) groups is 2. The summed E-state index contributed by atoms with van der Waals surface area (Å²) in [6.07, 6.45) is 1.59. The van der Waals surface area contributed by atoms with Crippen LogP contribution in [0.3, 0.4) is 0 Å². The highest BCUT2D eigenvalue weighted by Crippen LogP contribution is 2.17. The summed E-state index contributed by atoms with van der Waals surface area (Å²) >= 11 is 0. The van der Waals surface area contributed by atoms with Gasteiger partial charge in [-0.05, 0) is 44.4 Å². The van der Waals surface area contributed by atoms with Gasteiger partial charge in [-0.3, -0.25) is 9.59 Å². The first-order valence-corrected chi connectivity index (χ1v) is 7.26. The molecule has 21 heavy (non-hydrogen) atoms. The number of nitrogens with one attached hydrogen (secondary N) is 1. The van der Waals surface area contributed by atoms with Crippen LogP contribution in [0, 0.1) is 0 Å². The molecule has 0 heterocycles. The van der Waals surface area contributed by atoms with Gasteiger partial charge in [0.1, 0.15) is 5.75 Å². The summed E-state index contributed by atoms with van der Waals surface area (Å²) < 4.78 is 5.37. The SMILES string of the molecule is CCOc1ccc(C(C)NC(=O)CCCCC(=O)O)cc1. The minimum atomic E-state index is -0.821. The lowest BCUT2D eigenvalue weighted by Gasteiger charge is -2.15. The number of carboxylic acids is 1. The number of aliphatic carboxylic acids is 1. The van der Waals surface area contributed by atoms with Crippen LogP contribution < -0.4 is 10.1 Å². The zero-order chi connectivity index (χ0) is 15.7. The molecule has 5 heteroatoms. The van der Waals surface area contributed by atoms with E-state index in [-0.39, 0.29) is 18.4 Å². The maximum absolute atomic E-state index is 11.8. The summed E-state index contributed by atoms with van der Waals surface area (Å²) in [6.45, 7) is 4.48. The third-order valence-corrected chi connectivity index (χ3v) is 3.11. The van der Waals surface area contributed by atoms with Crippen LogP contribution in [0.1, 0.15) is 51.1 Å². The number of hydrogen-bond donors (Lipinski definition) is 2. The van der Waals surface area contributed by atoms with Gasteiger partial charge in [0.25, 0.3) is 0 Å². The number of hydrogen-bond acceptors (Lipinski definition) is 3. The molecule has 1 rings (SSSR count). The Morgan fingerprint density at radius 2 is 1.81 bits per heavy atom. The maximum Gasteiger partial charge on any atom is 0.303 e. The first kappa shape index (κ1) is 17.0. The van der Waals surface area contributed by atoms with Gasteiger partial charge in [0.2, 0.25) is 5.91 Å². The highest BCUT2D eigenvalue weighted by atomic mass is 16.5. The Labute approximate surface area is 125 Å². The Morgan fingerprint density at radius 3 is 2.38 bits per heavy atom. The van der Waals surface area contributed by atoms with E-state index in [4.69, 9.17) is 9.84 Å². The second-order valence-electron chi connectivity index (χ2n) is 4.89. The molecule has 0 saturated heterocycles. The van der Waals surface area contributed by atoms with Crippen molar-refractivity contribution in [2.75, 3.05) is 6.61 Å². The Bertz CT molecular complexity index is 456. The predicted octanol–water partition coefficient (Wildman–Crippen LogP) is 2.91. The van der Waals surface area contributed by atoms with Gasteiger partial charge in [-0.2, -0.15) is 0 Å². The van der Waals surface area contributed by atoms with Crippen molar-refractivity contribution in [2.24, 2.45) is 0 Å². The normalized spacial score (nSPS) is 11.7. The molecule has 0 aromatic heterocycles. The minimum absolute atomic E-state index is 0.0539. The molecule has 2 N–H and O–H groups in total. The van der Waals surface area contributed by atoms with Crippen molar-refractivity contribution >= 4 is 11.9 Å². The number of benzene rings is 1. The molecule has 5 nitrogen and oxygen atoms in total. The van der Waals surface area contributed by atoms with Gasteiger partial charge in [-0.25, -0.2) is 0 Å². The fourth-order valence-electron chi connectivity index (χ4n) is 1.98. The van der Waals surface area contributed by atoms with Crippen LogP contribution in [0.15, 0.2) is 24.3 Å². The topological polar surface area (TPSA) is 75.6 Å². The molecule has 1 unspecified atom stereocenters. The average Bonchev–Trinajstić information content (AvgIpc) is 2.44. The van der Waals surface area contributed by atoms with Gasteiger partial charge in [0, 0.05) is 12.8 Å². The first-order chi connectivity index (χ1) is 10.0. The smallest absolute Gasteiger partial charge is 0.303 e. The van der Waals surface area contributed by atoms with Crippen LogP contribution >= 0.6 is 0 Å². The third-order valence-electron chi connectivity index (χ3n) is 3.11. The van der Waals surface area contributed by atoms with E-state index in [1.54, 1.807) is 0 Å². The largest absolute Gasteiger partial charge is 0.494 e. The van der Waals surface area contributed by atoms with E-state index < -0.39 is 5.97 Å². The van der Waals surface area contributed by atoms with E-state index in [1.807, 2.05) is 38.1 Å². The lowest BCUT2D eigenvalue weighted by atomic mass is 10.1. The second-order valence-corrected chi connectivity index (χ2v) is 4.89. The maximum atomic E-state index is 11.8. The molecular weight excluding hydrogens is 270 g/mol. The van der Waals surface area contributed by atoms with Gasteiger partial charge >= 0.3 is 5.97 Å². The summed E-state index contributed by atoms with van der Waals surface area (Å²) in [5, 5.41) is 11.4. The molecule has 0 aliphatic carbocycles. The molecule has 0 aliphatic rings. The van der Waals surface area contributed by atoms with Crippen LogP contribution in [-0.2, 0) is 9.59 Å². The van der Waals surface area contributed by atoms with Gasteiger partial charge in [0.15, 0.2) is 0 Å². The van der Waals surface area contributed by atoms with E-state index in [1.165, 1.54) is 0 Å². The molecule has 1 aromatic carbocycles. The lowest BCUT2D eigenvalue weighted by molar-refractivity contribution is -0.137. The van der Waals surface area contributed by atoms with Crippen molar-refractivity contribution in [3.63, 3.8) is 0 Å². The number of rotatable bonds is 9. The molecule has 1 atom stereocenters. The lowest BCUT2D eigenvalue weighted by Crippen LogP contribution is -2.26. The van der Waals surface area contributed by atoms with E-state index in [0.717, 1.165) is 11.3 Å². The fourth-order valence-corrected chi connectivity index (χ4v) is 1.98. The average molecular weight is 293 g/mol. The van der Waals surface area contributed by atoms with Gasteiger partial charge in [-0.15, -0.1) is 0 Å². The fraction of sp³-hybridized carbons (Fsp3) is 0.500. The van der Waals surface area contributed by atoms with Crippen molar-refractivity contribution in [1.29, 1.82) is 0 Å². The highest BCUT2D eigenvalue weighted by molar-refractivity contribution is 5.76. The van der Waals surface area contributed by atoms with Crippen LogP contribution in [0.4, 0.5) is 0 Å². The molecular formula is C16H23NO4. The van der Waals surface area contributed by atoms with Gasteiger partial charge < -0.3 is 15.2 Å². The van der Waals surface area contributed by atoms with Crippen molar-refractivity contribution in [3.05, 3.63) is 29.8 Å². The summed E-state index contributed by atoms with van der Waals surface area (Å²) in [5.41, 5.74) is 1.01. The Kier molecular flexibility index (Phi) is 7.29. The van der Waals surface area contributed by atoms with Crippen molar-refractivity contribution in [2.45, 2.75) is 45.6 Å². The monoisotopic (exact) mass is 293 g/mol. The molecule has 0 bridgehead atoms. The van der Waals surface area contributed by atoms with Gasteiger partial charge in [0.05, 0.1) is 12.6 Å². The van der Waals surface area contributed by atoms with Crippen LogP contribution in [0.25, 0.3) is 0 Å². The number of amides is 1. The molecule has 1 amide bonds. The predicted molar refractivity (Wildman–Crippen MR) is 80.3 cm³/mol. The molecule has 0 fully saturated rings. The molecule has 116 valence electrons. The molecule has 0 aliphatic heterocycles. The number of carboxylic acid groups (broad SMARTS) is 1. The number of unbranched alkanes of at least 4 members (excludes halogenated alkanes) is 1. The zero-order valence-corrected chi connectivity index (χ0v) is 12.6. The Balaban J connectivity index is 2.36.